The van der Waals surface area contributed by atoms with Crippen molar-refractivity contribution in [1.82, 2.24) is 0 Å². The summed E-state index contributed by atoms with van der Waals surface area (Å²) in [4.78, 5) is 41.2. The highest BCUT2D eigenvalue weighted by Crippen LogP contribution is 2.23. The van der Waals surface area contributed by atoms with Crippen LogP contribution in [0, 0.1) is 19.6 Å². The minimum Gasteiger partial charge on any atom is -0.371 e. The highest BCUT2D eigenvalue weighted by atomic mass is 16.5. The van der Waals surface area contributed by atoms with Crippen molar-refractivity contribution in [2.45, 2.75) is 24.2 Å². The number of hydrogen-bond donors (Lipinski definition) is 0. The zero-order valence-corrected chi connectivity index (χ0v) is 7.55. The Kier molecular flexibility index (Phi) is 4.03. The predicted molar refractivity (Wildman–Crippen MR) is 49.2 cm³/mol. The molecule has 1 fully saturated rings. The van der Waals surface area contributed by atoms with E-state index in [0.29, 0.717) is 0 Å². The zero-order valence-electron chi connectivity index (χ0n) is 7.55. The summed E-state index contributed by atoms with van der Waals surface area (Å²) >= 11 is 0. The molecule has 0 unspecified atom stereocenters. The van der Waals surface area contributed by atoms with Crippen LogP contribution in [0.15, 0.2) is 20.7 Å². The summed E-state index contributed by atoms with van der Waals surface area (Å²) in [6.07, 6.45) is -0.902. The standard InChI is InChI=1S/C6H8N4O5/c11-7-1-4-6(10-14)5(9-13)3(8-12)2-15-4/h3-6H,1-2H2/t3-,4+,5+,6+/m0/s1. The Labute approximate surface area is 83.5 Å². The molecule has 1 aliphatic rings. The van der Waals surface area contributed by atoms with Crippen molar-refractivity contribution in [3.63, 3.8) is 0 Å². The summed E-state index contributed by atoms with van der Waals surface area (Å²) in [6.45, 7) is -0.472. The molecule has 0 aromatic heterocycles. The monoisotopic (exact) mass is 216 g/mol. The van der Waals surface area contributed by atoms with Crippen molar-refractivity contribution in [1.29, 1.82) is 0 Å². The second kappa shape index (κ2) is 5.29. The van der Waals surface area contributed by atoms with Crippen LogP contribution in [0.3, 0.4) is 0 Å². The first-order chi connectivity index (χ1) is 7.28. The van der Waals surface area contributed by atoms with Crippen LogP contribution in [0.5, 0.6) is 0 Å². The van der Waals surface area contributed by atoms with Gasteiger partial charge in [-0.15, -0.1) is 0 Å². The van der Waals surface area contributed by atoms with E-state index in [9.17, 15) is 19.6 Å². The first kappa shape index (κ1) is 11.4. The molecule has 4 atom stereocenters. The SMILES string of the molecule is O=NC[C@H]1OC[C@H](N=O)[C@@H](N=O)[C@@H]1N=O. The van der Waals surface area contributed by atoms with Gasteiger partial charge in [-0.05, 0) is 0 Å². The fourth-order valence-electron chi connectivity index (χ4n) is 1.46. The van der Waals surface area contributed by atoms with E-state index >= 15 is 0 Å². The van der Waals surface area contributed by atoms with Gasteiger partial charge in [0, 0.05) is 0 Å². The Balaban J connectivity index is 2.82. The van der Waals surface area contributed by atoms with Gasteiger partial charge in [-0.25, -0.2) is 0 Å². The largest absolute Gasteiger partial charge is 0.371 e. The van der Waals surface area contributed by atoms with Crippen molar-refractivity contribution in [2.75, 3.05) is 13.2 Å². The van der Waals surface area contributed by atoms with Crippen molar-refractivity contribution >= 4 is 0 Å². The van der Waals surface area contributed by atoms with Crippen molar-refractivity contribution in [2.24, 2.45) is 20.7 Å². The van der Waals surface area contributed by atoms with Crippen LogP contribution in [-0.2, 0) is 4.74 Å². The van der Waals surface area contributed by atoms with Gasteiger partial charge in [0.1, 0.15) is 30.8 Å². The number of hydrogen-bond acceptors (Lipinski definition) is 9. The van der Waals surface area contributed by atoms with E-state index in [-0.39, 0.29) is 13.2 Å². The van der Waals surface area contributed by atoms with E-state index < -0.39 is 24.2 Å². The summed E-state index contributed by atoms with van der Waals surface area (Å²) < 4.78 is 4.98. The lowest BCUT2D eigenvalue weighted by Crippen LogP contribution is -2.51. The van der Waals surface area contributed by atoms with Crippen molar-refractivity contribution in [3.05, 3.63) is 19.6 Å². The van der Waals surface area contributed by atoms with Gasteiger partial charge in [-0.1, -0.05) is 20.7 Å². The van der Waals surface area contributed by atoms with Gasteiger partial charge in [-0.3, -0.25) is 0 Å². The summed E-state index contributed by atoms with van der Waals surface area (Å²) in [7, 11) is 0. The van der Waals surface area contributed by atoms with Gasteiger partial charge < -0.3 is 4.74 Å². The van der Waals surface area contributed by atoms with Crippen LogP contribution in [-0.4, -0.2) is 37.4 Å². The molecule has 0 bridgehead atoms. The van der Waals surface area contributed by atoms with E-state index in [2.05, 4.69) is 20.7 Å². The van der Waals surface area contributed by atoms with Gasteiger partial charge in [0.15, 0.2) is 0 Å². The summed E-state index contributed by atoms with van der Waals surface area (Å²) in [5.41, 5.74) is 0. The molecule has 1 saturated heterocycles. The average molecular weight is 216 g/mol. The van der Waals surface area contributed by atoms with Gasteiger partial charge in [0.25, 0.3) is 0 Å². The Morgan fingerprint density at radius 3 is 2.13 bits per heavy atom. The molecule has 0 aliphatic carbocycles. The molecule has 1 aliphatic heterocycles. The first-order valence-electron chi connectivity index (χ1n) is 4.16. The third kappa shape index (κ3) is 2.24. The number of rotatable bonds is 5. The van der Waals surface area contributed by atoms with Gasteiger partial charge >= 0.3 is 0 Å². The maximum absolute atomic E-state index is 10.5. The van der Waals surface area contributed by atoms with Crippen molar-refractivity contribution in [3.8, 4) is 0 Å². The lowest BCUT2D eigenvalue weighted by Gasteiger charge is -2.31. The molecule has 1 heterocycles. The fourth-order valence-corrected chi connectivity index (χ4v) is 1.46. The molecule has 82 valence electrons. The second-order valence-corrected chi connectivity index (χ2v) is 3.05. The molecule has 0 aromatic carbocycles. The smallest absolute Gasteiger partial charge is 0.148 e. The summed E-state index contributed by atoms with van der Waals surface area (Å²) in [5.74, 6) is 0. The van der Waals surface area contributed by atoms with E-state index in [1.807, 2.05) is 0 Å². The summed E-state index contributed by atoms with van der Waals surface area (Å²) in [6, 6.07) is -3.40. The molecule has 0 amide bonds. The molecular weight excluding hydrogens is 208 g/mol. The molecule has 9 nitrogen and oxygen atoms in total. The minimum atomic E-state index is -1.18. The molecule has 0 saturated carbocycles. The maximum atomic E-state index is 10.5. The van der Waals surface area contributed by atoms with Crippen LogP contribution in [0.25, 0.3) is 0 Å². The third-order valence-electron chi connectivity index (χ3n) is 2.24. The van der Waals surface area contributed by atoms with Crippen LogP contribution in [0.2, 0.25) is 0 Å². The van der Waals surface area contributed by atoms with Gasteiger partial charge in [0.2, 0.25) is 0 Å². The molecule has 0 N–H and O–H groups in total. The Hall–Kier alpha value is -1.64. The number of nitrogens with zero attached hydrogens (tertiary/aromatic N) is 4. The highest BCUT2D eigenvalue weighted by molar-refractivity contribution is 5.00. The molecule has 15 heavy (non-hydrogen) atoms. The van der Waals surface area contributed by atoms with Crippen LogP contribution in [0.1, 0.15) is 0 Å². The topological polar surface area (TPSA) is 127 Å². The molecule has 0 aromatic rings. The van der Waals surface area contributed by atoms with E-state index in [4.69, 9.17) is 4.74 Å². The summed E-state index contributed by atoms with van der Waals surface area (Å²) in [5, 5.41) is 10.4. The normalized spacial score (nSPS) is 35.5. The molecule has 1 rings (SSSR count). The lowest BCUT2D eigenvalue weighted by atomic mass is 9.95. The van der Waals surface area contributed by atoms with Crippen molar-refractivity contribution < 1.29 is 4.74 Å². The van der Waals surface area contributed by atoms with Gasteiger partial charge in [-0.2, -0.15) is 19.6 Å². The highest BCUT2D eigenvalue weighted by Gasteiger charge is 2.44. The number of ether oxygens (including phenoxy) is 1. The quantitative estimate of drug-likeness (QED) is 0.620. The van der Waals surface area contributed by atoms with E-state index in [0.717, 1.165) is 0 Å². The molecule has 0 radical (unpaired) electrons. The van der Waals surface area contributed by atoms with E-state index in [1.165, 1.54) is 0 Å². The fraction of sp³-hybridized carbons (Fsp3) is 1.00. The minimum absolute atomic E-state index is 0.161. The van der Waals surface area contributed by atoms with Crippen LogP contribution >= 0.6 is 0 Å². The number of nitroso groups, excluding NO2 is 4. The maximum Gasteiger partial charge on any atom is 0.148 e. The van der Waals surface area contributed by atoms with E-state index in [1.54, 1.807) is 0 Å². The second-order valence-electron chi connectivity index (χ2n) is 3.05. The Morgan fingerprint density at radius 2 is 1.67 bits per heavy atom. The lowest BCUT2D eigenvalue weighted by molar-refractivity contribution is -0.0117. The predicted octanol–water partition coefficient (Wildman–Crippen LogP) is 0.557. The molecule has 9 heteroatoms. The third-order valence-corrected chi connectivity index (χ3v) is 2.24. The van der Waals surface area contributed by atoms with Crippen LogP contribution in [0.4, 0.5) is 0 Å². The first-order valence-corrected chi connectivity index (χ1v) is 4.16. The van der Waals surface area contributed by atoms with Gasteiger partial charge in [0.05, 0.1) is 6.61 Å². The zero-order chi connectivity index (χ0) is 11.3. The molecule has 0 spiro atoms. The van der Waals surface area contributed by atoms with Crippen LogP contribution < -0.4 is 0 Å². The Bertz CT molecular complexity index is 272. The average Bonchev–Trinajstić information content (AvgIpc) is 2.28. The molecular formula is C6H8N4O5. The Morgan fingerprint density at radius 1 is 1.00 bits per heavy atom.